The van der Waals surface area contributed by atoms with Gasteiger partial charge in [-0.2, -0.15) is 0 Å². The van der Waals surface area contributed by atoms with Gasteiger partial charge < -0.3 is 10.8 Å². The van der Waals surface area contributed by atoms with E-state index in [0.29, 0.717) is 18.5 Å². The van der Waals surface area contributed by atoms with Gasteiger partial charge in [0.2, 0.25) is 0 Å². The largest absolute Gasteiger partial charge is 0.481 e. The van der Waals surface area contributed by atoms with Gasteiger partial charge in [0.1, 0.15) is 0 Å². The van der Waals surface area contributed by atoms with Crippen molar-refractivity contribution in [3.8, 4) is 0 Å². The molecule has 0 saturated carbocycles. The first-order valence-electron chi connectivity index (χ1n) is 7.34. The Labute approximate surface area is 120 Å². The van der Waals surface area contributed by atoms with Gasteiger partial charge in [0, 0.05) is 19.1 Å². The molecule has 1 heterocycles. The van der Waals surface area contributed by atoms with Crippen LogP contribution in [0.25, 0.3) is 0 Å². The highest BCUT2D eigenvalue weighted by Crippen LogP contribution is 2.25. The van der Waals surface area contributed by atoms with E-state index in [4.69, 9.17) is 10.8 Å². The second kappa shape index (κ2) is 6.86. The summed E-state index contributed by atoms with van der Waals surface area (Å²) in [6.45, 7) is 4.78. The van der Waals surface area contributed by atoms with Crippen LogP contribution in [0.1, 0.15) is 30.9 Å². The van der Waals surface area contributed by atoms with E-state index in [1.165, 1.54) is 12.8 Å². The predicted octanol–water partition coefficient (Wildman–Crippen LogP) is 1.87. The Hall–Kier alpha value is -1.39. The minimum absolute atomic E-state index is 0.0901. The first-order valence-corrected chi connectivity index (χ1v) is 7.34. The molecule has 1 aromatic carbocycles. The van der Waals surface area contributed by atoms with Crippen LogP contribution in [0.4, 0.5) is 0 Å². The zero-order chi connectivity index (χ0) is 14.5. The SMILES string of the molecule is CC1CCCN(Cc2ccccc2CC(=O)O)C1CN. The van der Waals surface area contributed by atoms with Crippen molar-refractivity contribution in [1.82, 2.24) is 4.90 Å². The van der Waals surface area contributed by atoms with Gasteiger partial charge in [-0.25, -0.2) is 0 Å². The molecule has 4 nitrogen and oxygen atoms in total. The number of likely N-dealkylation sites (tertiary alicyclic amines) is 1. The van der Waals surface area contributed by atoms with Gasteiger partial charge in [-0.15, -0.1) is 0 Å². The third kappa shape index (κ3) is 3.58. The molecular formula is C16H24N2O2. The van der Waals surface area contributed by atoms with Crippen LogP contribution >= 0.6 is 0 Å². The highest BCUT2D eigenvalue weighted by atomic mass is 16.4. The summed E-state index contributed by atoms with van der Waals surface area (Å²) in [5.74, 6) is -0.166. The number of hydrogen-bond donors (Lipinski definition) is 2. The molecule has 0 bridgehead atoms. The molecule has 1 aromatic rings. The lowest BCUT2D eigenvalue weighted by Gasteiger charge is -2.39. The molecule has 2 rings (SSSR count). The van der Waals surface area contributed by atoms with Gasteiger partial charge >= 0.3 is 5.97 Å². The number of nitrogens with zero attached hydrogens (tertiary/aromatic N) is 1. The molecule has 1 aliphatic heterocycles. The quantitative estimate of drug-likeness (QED) is 0.861. The number of nitrogens with two attached hydrogens (primary N) is 1. The number of aliphatic carboxylic acids is 1. The number of carbonyl (C=O) groups is 1. The van der Waals surface area contributed by atoms with Gasteiger partial charge in [0.15, 0.2) is 0 Å². The molecule has 1 fully saturated rings. The van der Waals surface area contributed by atoms with E-state index in [1.54, 1.807) is 0 Å². The third-order valence-electron chi connectivity index (χ3n) is 4.31. The van der Waals surface area contributed by atoms with Gasteiger partial charge in [-0.3, -0.25) is 9.69 Å². The molecule has 110 valence electrons. The van der Waals surface area contributed by atoms with Crippen molar-refractivity contribution in [2.75, 3.05) is 13.1 Å². The number of carboxylic acids is 1. The van der Waals surface area contributed by atoms with E-state index in [1.807, 2.05) is 24.3 Å². The molecule has 20 heavy (non-hydrogen) atoms. The van der Waals surface area contributed by atoms with Crippen LogP contribution in [0.3, 0.4) is 0 Å². The topological polar surface area (TPSA) is 66.6 Å². The minimum atomic E-state index is -0.778. The average molecular weight is 276 g/mol. The van der Waals surface area contributed by atoms with E-state index in [-0.39, 0.29) is 6.42 Å². The smallest absolute Gasteiger partial charge is 0.307 e. The van der Waals surface area contributed by atoms with Crippen molar-refractivity contribution >= 4 is 5.97 Å². The Morgan fingerprint density at radius 2 is 2.10 bits per heavy atom. The lowest BCUT2D eigenvalue weighted by molar-refractivity contribution is -0.136. The highest BCUT2D eigenvalue weighted by molar-refractivity contribution is 5.70. The van der Waals surface area contributed by atoms with Crippen LogP contribution in [-0.2, 0) is 17.8 Å². The summed E-state index contributed by atoms with van der Waals surface area (Å²) in [5.41, 5.74) is 7.95. The molecule has 1 saturated heterocycles. The van der Waals surface area contributed by atoms with E-state index in [2.05, 4.69) is 11.8 Å². The maximum absolute atomic E-state index is 11.0. The zero-order valence-electron chi connectivity index (χ0n) is 12.1. The van der Waals surface area contributed by atoms with Gasteiger partial charge in [0.25, 0.3) is 0 Å². The number of hydrogen-bond acceptors (Lipinski definition) is 3. The van der Waals surface area contributed by atoms with E-state index in [9.17, 15) is 4.79 Å². The third-order valence-corrected chi connectivity index (χ3v) is 4.31. The maximum Gasteiger partial charge on any atom is 0.307 e. The number of carboxylic acid groups (broad SMARTS) is 1. The average Bonchev–Trinajstić information content (AvgIpc) is 2.41. The van der Waals surface area contributed by atoms with Crippen LogP contribution < -0.4 is 5.73 Å². The summed E-state index contributed by atoms with van der Waals surface area (Å²) in [5, 5.41) is 9.00. The fraction of sp³-hybridized carbons (Fsp3) is 0.562. The van der Waals surface area contributed by atoms with Crippen molar-refractivity contribution < 1.29 is 9.90 Å². The van der Waals surface area contributed by atoms with Crippen molar-refractivity contribution in [1.29, 1.82) is 0 Å². The Morgan fingerprint density at radius 1 is 1.40 bits per heavy atom. The van der Waals surface area contributed by atoms with E-state index in [0.717, 1.165) is 24.2 Å². The molecule has 1 aliphatic rings. The summed E-state index contributed by atoms with van der Waals surface area (Å²) >= 11 is 0. The molecule has 2 unspecified atom stereocenters. The molecule has 0 radical (unpaired) electrons. The number of piperidine rings is 1. The molecule has 4 heteroatoms. The Morgan fingerprint density at radius 3 is 2.75 bits per heavy atom. The van der Waals surface area contributed by atoms with Crippen LogP contribution in [0.15, 0.2) is 24.3 Å². The van der Waals surface area contributed by atoms with E-state index >= 15 is 0 Å². The standard InChI is InChI=1S/C16H24N2O2/c1-12-5-4-8-18(15(12)10-17)11-14-7-3-2-6-13(14)9-16(19)20/h2-3,6-7,12,15H,4-5,8-11,17H2,1H3,(H,19,20). The second-order valence-corrected chi connectivity index (χ2v) is 5.73. The molecular weight excluding hydrogens is 252 g/mol. The molecule has 2 atom stereocenters. The lowest BCUT2D eigenvalue weighted by atomic mass is 9.90. The molecule has 0 aromatic heterocycles. The number of benzene rings is 1. The Balaban J connectivity index is 2.14. The number of rotatable bonds is 5. The summed E-state index contributed by atoms with van der Waals surface area (Å²) in [7, 11) is 0. The minimum Gasteiger partial charge on any atom is -0.481 e. The van der Waals surface area contributed by atoms with Gasteiger partial charge in [0.05, 0.1) is 6.42 Å². The summed E-state index contributed by atoms with van der Waals surface area (Å²) in [6, 6.07) is 8.23. The van der Waals surface area contributed by atoms with Crippen LogP contribution in [0.2, 0.25) is 0 Å². The first kappa shape index (κ1) is 15.0. The lowest BCUT2D eigenvalue weighted by Crippen LogP contribution is -2.48. The van der Waals surface area contributed by atoms with Crippen molar-refractivity contribution in [3.63, 3.8) is 0 Å². The summed E-state index contributed by atoms with van der Waals surface area (Å²) in [4.78, 5) is 13.4. The van der Waals surface area contributed by atoms with Crippen LogP contribution in [0, 0.1) is 5.92 Å². The highest BCUT2D eigenvalue weighted by Gasteiger charge is 2.27. The van der Waals surface area contributed by atoms with Crippen molar-refractivity contribution in [3.05, 3.63) is 35.4 Å². The summed E-state index contributed by atoms with van der Waals surface area (Å²) < 4.78 is 0. The van der Waals surface area contributed by atoms with Crippen LogP contribution in [-0.4, -0.2) is 35.1 Å². The van der Waals surface area contributed by atoms with Gasteiger partial charge in [-0.1, -0.05) is 31.2 Å². The zero-order valence-corrected chi connectivity index (χ0v) is 12.1. The van der Waals surface area contributed by atoms with Crippen molar-refractivity contribution in [2.45, 2.75) is 38.8 Å². The molecule has 3 N–H and O–H groups in total. The molecule has 0 amide bonds. The predicted molar refractivity (Wildman–Crippen MR) is 79.4 cm³/mol. The van der Waals surface area contributed by atoms with Gasteiger partial charge in [-0.05, 0) is 36.4 Å². The second-order valence-electron chi connectivity index (χ2n) is 5.73. The Bertz CT molecular complexity index is 462. The maximum atomic E-state index is 11.0. The molecule has 0 spiro atoms. The molecule has 0 aliphatic carbocycles. The normalized spacial score (nSPS) is 23.7. The Kier molecular flexibility index (Phi) is 5.15. The fourth-order valence-electron chi connectivity index (χ4n) is 3.18. The van der Waals surface area contributed by atoms with Crippen molar-refractivity contribution in [2.24, 2.45) is 11.7 Å². The fourth-order valence-corrected chi connectivity index (χ4v) is 3.18. The summed E-state index contributed by atoms with van der Waals surface area (Å²) in [6.07, 6.45) is 2.51. The van der Waals surface area contributed by atoms with E-state index < -0.39 is 5.97 Å². The first-order chi connectivity index (χ1) is 9.61. The van der Waals surface area contributed by atoms with Crippen LogP contribution in [0.5, 0.6) is 0 Å². The monoisotopic (exact) mass is 276 g/mol.